The Morgan fingerprint density at radius 2 is 2.07 bits per heavy atom. The van der Waals surface area contributed by atoms with Crippen LogP contribution in [0.4, 0.5) is 4.79 Å². The number of aliphatic hydroxyl groups excluding tert-OH is 1. The second kappa shape index (κ2) is 10.5. The van der Waals surface area contributed by atoms with Crippen LogP contribution in [0.15, 0.2) is 24.3 Å². The van der Waals surface area contributed by atoms with E-state index in [2.05, 4.69) is 5.32 Å². The Kier molecular flexibility index (Phi) is 8.34. The lowest BCUT2D eigenvalue weighted by Crippen LogP contribution is -2.56. The van der Waals surface area contributed by atoms with Crippen LogP contribution in [0.1, 0.15) is 31.7 Å². The van der Waals surface area contributed by atoms with E-state index in [1.807, 2.05) is 30.0 Å². The number of rotatable bonds is 10. The first-order valence-electron chi connectivity index (χ1n) is 9.29. The fourth-order valence-corrected chi connectivity index (χ4v) is 3.53. The van der Waals surface area contributed by atoms with E-state index >= 15 is 0 Å². The number of aliphatic hydroxyl groups is 1. The molecule has 0 atom stereocenters. The summed E-state index contributed by atoms with van der Waals surface area (Å²) >= 11 is 6.02. The third-order valence-electron chi connectivity index (χ3n) is 4.84. The number of carboxylic acid groups (broad SMARTS) is 1. The predicted octanol–water partition coefficient (Wildman–Crippen LogP) is 2.17. The van der Waals surface area contributed by atoms with Crippen LogP contribution < -0.4 is 5.32 Å². The van der Waals surface area contributed by atoms with Gasteiger partial charge in [-0.25, -0.2) is 4.79 Å². The highest BCUT2D eigenvalue weighted by Crippen LogP contribution is 2.26. The van der Waals surface area contributed by atoms with Gasteiger partial charge in [-0.1, -0.05) is 30.7 Å². The van der Waals surface area contributed by atoms with Crippen molar-refractivity contribution in [3.8, 4) is 0 Å². The molecule has 2 amide bonds. The number of amides is 2. The van der Waals surface area contributed by atoms with Gasteiger partial charge in [-0.3, -0.25) is 9.69 Å². The van der Waals surface area contributed by atoms with Crippen molar-refractivity contribution in [2.24, 2.45) is 0 Å². The molecule has 1 aromatic rings. The number of likely N-dealkylation sites (N-methyl/N-ethyl adjacent to an activating group) is 1. The Hall–Kier alpha value is -1.83. The molecule has 1 aliphatic rings. The molecule has 0 bridgehead atoms. The number of benzene rings is 1. The van der Waals surface area contributed by atoms with E-state index in [9.17, 15) is 9.59 Å². The van der Waals surface area contributed by atoms with Crippen LogP contribution >= 0.6 is 11.6 Å². The first-order chi connectivity index (χ1) is 12.9. The van der Waals surface area contributed by atoms with Crippen molar-refractivity contribution in [1.29, 1.82) is 0 Å². The molecule has 1 saturated carbocycles. The fourth-order valence-electron chi connectivity index (χ4n) is 3.31. The summed E-state index contributed by atoms with van der Waals surface area (Å²) in [5, 5.41) is 21.7. The zero-order valence-electron chi connectivity index (χ0n) is 15.6. The van der Waals surface area contributed by atoms with Gasteiger partial charge in [-0.15, -0.1) is 0 Å². The van der Waals surface area contributed by atoms with E-state index in [4.69, 9.17) is 21.8 Å². The lowest BCUT2D eigenvalue weighted by molar-refractivity contribution is -0.139. The fraction of sp³-hybridized carbons (Fsp3) is 0.579. The molecular formula is C19H28ClN3O4. The minimum atomic E-state index is -0.832. The molecule has 0 spiro atoms. The van der Waals surface area contributed by atoms with Crippen LogP contribution in [-0.4, -0.2) is 70.3 Å². The van der Waals surface area contributed by atoms with Crippen LogP contribution in [-0.2, 0) is 11.3 Å². The molecule has 0 aromatic heterocycles. The zero-order valence-corrected chi connectivity index (χ0v) is 16.4. The number of halogens is 1. The molecule has 3 N–H and O–H groups in total. The number of hydrogen-bond acceptors (Lipinski definition) is 4. The maximum Gasteiger partial charge on any atom is 0.317 e. The number of urea groups is 1. The highest BCUT2D eigenvalue weighted by atomic mass is 35.5. The predicted molar refractivity (Wildman–Crippen MR) is 104 cm³/mol. The Morgan fingerprint density at radius 3 is 2.67 bits per heavy atom. The van der Waals surface area contributed by atoms with Gasteiger partial charge >= 0.3 is 12.0 Å². The molecular weight excluding hydrogens is 370 g/mol. The summed E-state index contributed by atoms with van der Waals surface area (Å²) in [5.74, 6) is -0.832. The average molecular weight is 398 g/mol. The second-order valence-electron chi connectivity index (χ2n) is 6.86. The molecule has 0 heterocycles. The quantitative estimate of drug-likeness (QED) is 0.562. The maximum atomic E-state index is 12.7. The standard InChI is InChI=1S/C19H28ClN3O4/c1-2-22(13-18(25)26)17-10-16(11-17)21-19(27)23(7-4-8-24)12-14-5-3-6-15(20)9-14/h3,5-6,9,16-17,24H,2,4,7-8,10-13H2,1H3,(H,21,27)(H,25,26). The van der Waals surface area contributed by atoms with Gasteiger partial charge in [0.25, 0.3) is 0 Å². The van der Waals surface area contributed by atoms with E-state index < -0.39 is 5.97 Å². The first kappa shape index (κ1) is 21.5. The minimum absolute atomic E-state index is 0.0193. The normalized spacial score (nSPS) is 18.8. The molecule has 27 heavy (non-hydrogen) atoms. The Balaban J connectivity index is 1.88. The topological polar surface area (TPSA) is 93.1 Å². The molecule has 0 aliphatic heterocycles. The highest BCUT2D eigenvalue weighted by molar-refractivity contribution is 6.30. The van der Waals surface area contributed by atoms with Crippen molar-refractivity contribution in [1.82, 2.24) is 15.1 Å². The molecule has 1 aromatic carbocycles. The lowest BCUT2D eigenvalue weighted by Gasteiger charge is -2.42. The van der Waals surface area contributed by atoms with Gasteiger partial charge in [0.1, 0.15) is 0 Å². The van der Waals surface area contributed by atoms with E-state index in [0.717, 1.165) is 18.4 Å². The van der Waals surface area contributed by atoms with Crippen molar-refractivity contribution in [2.45, 2.75) is 44.8 Å². The summed E-state index contributed by atoms with van der Waals surface area (Å²) in [6, 6.07) is 7.43. The van der Waals surface area contributed by atoms with E-state index in [0.29, 0.717) is 31.1 Å². The number of aliphatic carboxylic acids is 1. The summed E-state index contributed by atoms with van der Waals surface area (Å²) < 4.78 is 0. The molecule has 0 radical (unpaired) electrons. The zero-order chi connectivity index (χ0) is 19.8. The SMILES string of the molecule is CCN(CC(=O)O)C1CC(NC(=O)N(CCCO)Cc2cccc(Cl)c2)C1. The van der Waals surface area contributed by atoms with Gasteiger partial charge in [0.05, 0.1) is 6.54 Å². The van der Waals surface area contributed by atoms with Crippen molar-refractivity contribution in [3.63, 3.8) is 0 Å². The van der Waals surface area contributed by atoms with E-state index in [1.165, 1.54) is 0 Å². The number of carbonyl (C=O) groups excluding carboxylic acids is 1. The van der Waals surface area contributed by atoms with Crippen molar-refractivity contribution >= 4 is 23.6 Å². The molecule has 2 rings (SSSR count). The van der Waals surface area contributed by atoms with Crippen LogP contribution in [0.25, 0.3) is 0 Å². The molecule has 0 unspecified atom stereocenters. The van der Waals surface area contributed by atoms with Gasteiger partial charge in [-0.2, -0.15) is 0 Å². The van der Waals surface area contributed by atoms with Gasteiger partial charge < -0.3 is 20.4 Å². The Morgan fingerprint density at radius 1 is 1.33 bits per heavy atom. The van der Waals surface area contributed by atoms with Crippen molar-refractivity contribution < 1.29 is 19.8 Å². The maximum absolute atomic E-state index is 12.7. The lowest BCUT2D eigenvalue weighted by atomic mass is 9.85. The summed E-state index contributed by atoms with van der Waals surface area (Å²) in [7, 11) is 0. The average Bonchev–Trinajstić information content (AvgIpc) is 2.59. The van der Waals surface area contributed by atoms with Crippen LogP contribution in [0, 0.1) is 0 Å². The summed E-state index contributed by atoms with van der Waals surface area (Å²) in [6.45, 7) is 3.53. The van der Waals surface area contributed by atoms with Crippen molar-refractivity contribution in [2.75, 3.05) is 26.2 Å². The van der Waals surface area contributed by atoms with E-state index in [-0.39, 0.29) is 31.3 Å². The molecule has 7 nitrogen and oxygen atoms in total. The minimum Gasteiger partial charge on any atom is -0.480 e. The first-order valence-corrected chi connectivity index (χ1v) is 9.67. The second-order valence-corrected chi connectivity index (χ2v) is 7.29. The van der Waals surface area contributed by atoms with E-state index in [1.54, 1.807) is 11.0 Å². The summed E-state index contributed by atoms with van der Waals surface area (Å²) in [5.41, 5.74) is 0.931. The summed E-state index contributed by atoms with van der Waals surface area (Å²) in [6.07, 6.45) is 2.00. The van der Waals surface area contributed by atoms with Crippen molar-refractivity contribution in [3.05, 3.63) is 34.9 Å². The monoisotopic (exact) mass is 397 g/mol. The molecule has 1 aliphatic carbocycles. The van der Waals surface area contributed by atoms with Crippen LogP contribution in [0.5, 0.6) is 0 Å². The largest absolute Gasteiger partial charge is 0.480 e. The Bertz CT molecular complexity index is 637. The molecule has 0 saturated heterocycles. The summed E-state index contributed by atoms with van der Waals surface area (Å²) in [4.78, 5) is 27.2. The van der Waals surface area contributed by atoms with Crippen LogP contribution in [0.3, 0.4) is 0 Å². The van der Waals surface area contributed by atoms with Crippen LogP contribution in [0.2, 0.25) is 5.02 Å². The number of carboxylic acids is 1. The van der Waals surface area contributed by atoms with Gasteiger partial charge in [-0.05, 0) is 43.5 Å². The molecule has 150 valence electrons. The third kappa shape index (κ3) is 6.68. The molecule has 1 fully saturated rings. The third-order valence-corrected chi connectivity index (χ3v) is 5.07. The number of carbonyl (C=O) groups is 2. The van der Waals surface area contributed by atoms with Gasteiger partial charge in [0, 0.05) is 36.8 Å². The molecule has 8 heteroatoms. The number of hydrogen-bond donors (Lipinski definition) is 3. The number of nitrogens with zero attached hydrogens (tertiary/aromatic N) is 2. The highest BCUT2D eigenvalue weighted by Gasteiger charge is 2.35. The number of nitrogens with one attached hydrogen (secondary N) is 1. The van der Waals surface area contributed by atoms with Gasteiger partial charge in [0.15, 0.2) is 0 Å². The Labute approximate surface area is 164 Å². The van der Waals surface area contributed by atoms with Gasteiger partial charge in [0.2, 0.25) is 0 Å². The smallest absolute Gasteiger partial charge is 0.317 e.